The summed E-state index contributed by atoms with van der Waals surface area (Å²) >= 11 is 1.42. The van der Waals surface area contributed by atoms with Crippen LogP contribution in [0.5, 0.6) is 0 Å². The molecule has 4 rings (SSSR count). The zero-order valence-corrected chi connectivity index (χ0v) is 16.6. The van der Waals surface area contributed by atoms with Crippen LogP contribution in [-0.4, -0.2) is 33.3 Å². The van der Waals surface area contributed by atoms with Crippen molar-refractivity contribution in [3.63, 3.8) is 0 Å². The second-order valence-corrected chi connectivity index (χ2v) is 8.06. The lowest BCUT2D eigenvalue weighted by Crippen LogP contribution is -2.46. The Morgan fingerprint density at radius 2 is 2.00 bits per heavy atom. The molecule has 2 N–H and O–H groups in total. The van der Waals surface area contributed by atoms with Crippen LogP contribution in [0.25, 0.3) is 11.0 Å². The third kappa shape index (κ3) is 4.00. The van der Waals surface area contributed by atoms with Crippen LogP contribution < -0.4 is 10.2 Å². The summed E-state index contributed by atoms with van der Waals surface area (Å²) in [5.41, 5.74) is 1.77. The van der Waals surface area contributed by atoms with Crippen molar-refractivity contribution in [2.75, 3.05) is 4.90 Å². The fourth-order valence-electron chi connectivity index (χ4n) is 3.78. The number of nitrogens with zero attached hydrogens (tertiary/aromatic N) is 3. The molecule has 2 amide bonds. The third-order valence-corrected chi connectivity index (χ3v) is 6.12. The second-order valence-electron chi connectivity index (χ2n) is 7.08. The van der Waals surface area contributed by atoms with Gasteiger partial charge in [0.1, 0.15) is 11.0 Å². The van der Waals surface area contributed by atoms with Crippen molar-refractivity contribution < 1.29 is 9.59 Å². The van der Waals surface area contributed by atoms with E-state index in [2.05, 4.69) is 26.6 Å². The average molecular weight is 407 g/mol. The zero-order chi connectivity index (χ0) is 20.2. The number of carbonyl (C=O) groups excluding carboxylic acids is 2. The van der Waals surface area contributed by atoms with E-state index in [1.54, 1.807) is 18.2 Å². The van der Waals surface area contributed by atoms with E-state index in [-0.39, 0.29) is 11.9 Å². The van der Waals surface area contributed by atoms with Crippen molar-refractivity contribution in [1.82, 2.24) is 20.7 Å². The predicted octanol–water partition coefficient (Wildman–Crippen LogP) is 3.18. The molecule has 1 unspecified atom stereocenters. The molecular formula is C21H21N5O2S. The monoisotopic (exact) mass is 407 g/mol. The van der Waals surface area contributed by atoms with Gasteiger partial charge in [-0.05, 0) is 48.4 Å². The Morgan fingerprint density at radius 3 is 2.72 bits per heavy atom. The molecule has 8 heteroatoms. The largest absolute Gasteiger partial charge is 0.351 e. The number of fused-ring (bicyclic) bond motifs is 1. The summed E-state index contributed by atoms with van der Waals surface area (Å²) in [5, 5.41) is 15.7. The van der Waals surface area contributed by atoms with Gasteiger partial charge in [-0.25, -0.2) is 0 Å². The molecule has 1 saturated carbocycles. The molecule has 1 atom stereocenters. The van der Waals surface area contributed by atoms with Crippen LogP contribution in [0.3, 0.4) is 0 Å². The van der Waals surface area contributed by atoms with Gasteiger partial charge in [0.2, 0.25) is 5.91 Å². The van der Waals surface area contributed by atoms with Crippen LogP contribution in [0.1, 0.15) is 43.0 Å². The Labute approximate surface area is 172 Å². The fraction of sp³-hybridized carbons (Fsp3) is 0.333. The number of H-pyrrole nitrogens is 1. The minimum atomic E-state index is -0.843. The molecule has 1 aromatic carbocycles. The molecule has 7 nitrogen and oxygen atoms in total. The molecule has 0 aliphatic heterocycles. The standard InChI is InChI=1S/C21H21N5O2S/c1-2-19(27)26(15-10-11-16-17(13-15)24-25-23-16)20(18-9-6-12-29-18)21(28)22-14-7-4-3-5-8-14/h1,6,9-14,20H,3-5,7-8H2,(H,22,28)(H,23,24,25). The molecule has 2 aromatic heterocycles. The highest BCUT2D eigenvalue weighted by Crippen LogP contribution is 2.32. The van der Waals surface area contributed by atoms with Crippen LogP contribution in [0.15, 0.2) is 35.7 Å². The molecule has 148 valence electrons. The number of carbonyl (C=O) groups is 2. The lowest BCUT2D eigenvalue weighted by atomic mass is 9.95. The van der Waals surface area contributed by atoms with E-state index in [1.807, 2.05) is 17.5 Å². The van der Waals surface area contributed by atoms with E-state index >= 15 is 0 Å². The van der Waals surface area contributed by atoms with Gasteiger partial charge in [-0.2, -0.15) is 15.4 Å². The van der Waals surface area contributed by atoms with Crippen molar-refractivity contribution in [2.45, 2.75) is 44.2 Å². The van der Waals surface area contributed by atoms with Crippen LogP contribution in [0.2, 0.25) is 0 Å². The first-order valence-electron chi connectivity index (χ1n) is 9.61. The Kier molecular flexibility index (Phi) is 5.58. The highest BCUT2D eigenvalue weighted by Gasteiger charge is 2.34. The molecule has 0 saturated heterocycles. The van der Waals surface area contributed by atoms with Crippen LogP contribution in [-0.2, 0) is 9.59 Å². The number of hydrogen-bond acceptors (Lipinski definition) is 5. The van der Waals surface area contributed by atoms with Gasteiger partial charge in [0.25, 0.3) is 0 Å². The van der Waals surface area contributed by atoms with E-state index in [1.165, 1.54) is 22.7 Å². The zero-order valence-electron chi connectivity index (χ0n) is 15.8. The maximum atomic E-state index is 13.4. The number of hydrogen-bond donors (Lipinski definition) is 2. The summed E-state index contributed by atoms with van der Waals surface area (Å²) in [4.78, 5) is 28.3. The number of amides is 2. The molecule has 2 heterocycles. The van der Waals surface area contributed by atoms with Gasteiger partial charge in [0.15, 0.2) is 6.04 Å². The molecule has 1 aliphatic rings. The number of aromatic amines is 1. The Bertz CT molecular complexity index is 1050. The molecule has 3 aromatic rings. The number of benzene rings is 1. The highest BCUT2D eigenvalue weighted by molar-refractivity contribution is 7.10. The number of rotatable bonds is 5. The number of nitrogens with one attached hydrogen (secondary N) is 2. The number of aromatic nitrogens is 3. The first-order valence-corrected chi connectivity index (χ1v) is 10.5. The van der Waals surface area contributed by atoms with E-state index in [4.69, 9.17) is 6.42 Å². The summed E-state index contributed by atoms with van der Waals surface area (Å²) in [6.45, 7) is 0. The van der Waals surface area contributed by atoms with Gasteiger partial charge in [-0.3, -0.25) is 14.5 Å². The third-order valence-electron chi connectivity index (χ3n) is 5.19. The smallest absolute Gasteiger partial charge is 0.303 e. The first-order chi connectivity index (χ1) is 14.2. The highest BCUT2D eigenvalue weighted by atomic mass is 32.1. The summed E-state index contributed by atoms with van der Waals surface area (Å²) in [7, 11) is 0. The Morgan fingerprint density at radius 1 is 1.21 bits per heavy atom. The Balaban J connectivity index is 1.73. The van der Waals surface area contributed by atoms with E-state index in [0.29, 0.717) is 16.7 Å². The SMILES string of the molecule is C#CC(=O)N(c1ccc2n[nH]nc2c1)C(C(=O)NC1CCCCC1)c1cccs1. The molecule has 1 fully saturated rings. The van der Waals surface area contributed by atoms with Crippen molar-refractivity contribution in [2.24, 2.45) is 0 Å². The van der Waals surface area contributed by atoms with E-state index in [9.17, 15) is 9.59 Å². The molecule has 0 radical (unpaired) electrons. The molecule has 29 heavy (non-hydrogen) atoms. The van der Waals surface area contributed by atoms with Crippen LogP contribution in [0.4, 0.5) is 5.69 Å². The maximum Gasteiger partial charge on any atom is 0.303 e. The molecular weight excluding hydrogens is 386 g/mol. The molecule has 1 aliphatic carbocycles. The topological polar surface area (TPSA) is 91.0 Å². The van der Waals surface area contributed by atoms with Gasteiger partial charge >= 0.3 is 5.91 Å². The predicted molar refractivity (Wildman–Crippen MR) is 112 cm³/mol. The lowest BCUT2D eigenvalue weighted by molar-refractivity contribution is -0.125. The maximum absolute atomic E-state index is 13.4. The van der Waals surface area contributed by atoms with E-state index < -0.39 is 11.9 Å². The first kappa shape index (κ1) is 19.2. The lowest BCUT2D eigenvalue weighted by Gasteiger charge is -2.31. The van der Waals surface area contributed by atoms with Crippen molar-refractivity contribution in [1.29, 1.82) is 0 Å². The summed E-state index contributed by atoms with van der Waals surface area (Å²) in [5.74, 6) is 1.38. The van der Waals surface area contributed by atoms with E-state index in [0.717, 1.165) is 30.6 Å². The van der Waals surface area contributed by atoms with Gasteiger partial charge < -0.3 is 5.32 Å². The van der Waals surface area contributed by atoms with Crippen LogP contribution in [0, 0.1) is 12.3 Å². The normalized spacial score (nSPS) is 15.6. The van der Waals surface area contributed by atoms with Gasteiger partial charge in [-0.1, -0.05) is 25.3 Å². The minimum absolute atomic E-state index is 0.125. The Hall–Kier alpha value is -3.18. The summed E-state index contributed by atoms with van der Waals surface area (Å²) in [6, 6.07) is 8.18. The van der Waals surface area contributed by atoms with Gasteiger partial charge in [0, 0.05) is 16.6 Å². The van der Waals surface area contributed by atoms with Crippen LogP contribution >= 0.6 is 11.3 Å². The van der Waals surface area contributed by atoms with Gasteiger partial charge in [0.05, 0.1) is 0 Å². The number of terminal acetylenes is 1. The second kappa shape index (κ2) is 8.45. The molecule has 0 bridgehead atoms. The molecule has 0 spiro atoms. The quantitative estimate of drug-likeness (QED) is 0.636. The fourth-order valence-corrected chi connectivity index (χ4v) is 4.59. The van der Waals surface area contributed by atoms with Gasteiger partial charge in [-0.15, -0.1) is 17.8 Å². The minimum Gasteiger partial charge on any atom is -0.351 e. The van der Waals surface area contributed by atoms with Crippen molar-refractivity contribution >= 4 is 39.9 Å². The average Bonchev–Trinajstić information content (AvgIpc) is 3.43. The van der Waals surface area contributed by atoms with Crippen molar-refractivity contribution in [3.05, 3.63) is 40.6 Å². The summed E-state index contributed by atoms with van der Waals surface area (Å²) < 4.78 is 0. The number of anilines is 1. The van der Waals surface area contributed by atoms with Crippen molar-refractivity contribution in [3.8, 4) is 12.3 Å². The summed E-state index contributed by atoms with van der Waals surface area (Å²) in [6.07, 6.45) is 10.8. The number of thiophene rings is 1.